The van der Waals surface area contributed by atoms with Gasteiger partial charge in [0.25, 0.3) is 0 Å². The van der Waals surface area contributed by atoms with Gasteiger partial charge in [-0.05, 0) is 18.8 Å². The third-order valence-corrected chi connectivity index (χ3v) is 6.77. The maximum Gasteiger partial charge on any atom is 0.325 e. The third-order valence-electron chi connectivity index (χ3n) is 6.77. The van der Waals surface area contributed by atoms with Gasteiger partial charge in [0, 0.05) is 12.0 Å². The highest BCUT2D eigenvalue weighted by molar-refractivity contribution is 5.72. The second-order valence-electron chi connectivity index (χ2n) is 10.00. The summed E-state index contributed by atoms with van der Waals surface area (Å²) in [5.41, 5.74) is 1.58. The molecule has 0 saturated heterocycles. The average Bonchev–Trinajstić information content (AvgIpc) is 2.90. The third kappa shape index (κ3) is 12.5. The number of benzene rings is 1. The maximum atomic E-state index is 12.3. The molecule has 1 unspecified atom stereocenters. The fourth-order valence-electron chi connectivity index (χ4n) is 4.20. The first-order valence-electron chi connectivity index (χ1n) is 14.4. The lowest BCUT2D eigenvalue weighted by Gasteiger charge is -2.12. The minimum absolute atomic E-state index is 0.0899. The Morgan fingerprint density at radius 2 is 1.53 bits per heavy atom. The van der Waals surface area contributed by atoms with Crippen LogP contribution in [0.15, 0.2) is 36.5 Å². The van der Waals surface area contributed by atoms with Crippen molar-refractivity contribution >= 4 is 5.97 Å². The number of aromatic nitrogens is 2. The zero-order valence-electron chi connectivity index (χ0n) is 23.0. The first kappa shape index (κ1) is 29.8. The SMILES string of the molecule is CCCCCCCCCCCCOc1cnc(OC(=O)CCCCC(C)CC)nc1-c1ccccc1. The highest BCUT2D eigenvalue weighted by atomic mass is 16.5. The smallest absolute Gasteiger partial charge is 0.325 e. The van der Waals surface area contributed by atoms with Crippen molar-refractivity contribution in [3.05, 3.63) is 36.5 Å². The van der Waals surface area contributed by atoms with Gasteiger partial charge < -0.3 is 9.47 Å². The molecular weight excluding hydrogens is 448 g/mol. The number of hydrogen-bond acceptors (Lipinski definition) is 5. The molecule has 0 N–H and O–H groups in total. The largest absolute Gasteiger partial charge is 0.490 e. The van der Waals surface area contributed by atoms with E-state index in [2.05, 4.69) is 30.7 Å². The number of carbonyl (C=O) groups excluding carboxylic acids is 1. The van der Waals surface area contributed by atoms with Crippen molar-refractivity contribution in [3.8, 4) is 23.0 Å². The van der Waals surface area contributed by atoms with Gasteiger partial charge in [-0.1, -0.05) is 128 Å². The van der Waals surface area contributed by atoms with Crippen molar-refractivity contribution in [3.63, 3.8) is 0 Å². The minimum Gasteiger partial charge on any atom is -0.490 e. The molecule has 2 aromatic rings. The topological polar surface area (TPSA) is 61.3 Å². The Morgan fingerprint density at radius 3 is 2.19 bits per heavy atom. The first-order chi connectivity index (χ1) is 17.6. The van der Waals surface area contributed by atoms with E-state index >= 15 is 0 Å². The summed E-state index contributed by atoms with van der Waals surface area (Å²) in [6.07, 6.45) is 19.1. The van der Waals surface area contributed by atoms with E-state index in [4.69, 9.17) is 9.47 Å². The molecule has 0 aliphatic rings. The molecule has 36 heavy (non-hydrogen) atoms. The van der Waals surface area contributed by atoms with Crippen LogP contribution >= 0.6 is 0 Å². The second kappa shape index (κ2) is 18.8. The fraction of sp³-hybridized carbons (Fsp3) is 0.645. The molecule has 0 fully saturated rings. The van der Waals surface area contributed by atoms with E-state index in [-0.39, 0.29) is 12.0 Å². The minimum atomic E-state index is -0.280. The van der Waals surface area contributed by atoms with Gasteiger partial charge in [-0.15, -0.1) is 0 Å². The van der Waals surface area contributed by atoms with E-state index in [9.17, 15) is 4.79 Å². The quantitative estimate of drug-likeness (QED) is 0.135. The normalized spacial score (nSPS) is 11.9. The molecular formula is C31H48N2O3. The van der Waals surface area contributed by atoms with Crippen LogP contribution in [-0.4, -0.2) is 22.5 Å². The highest BCUT2D eigenvalue weighted by Gasteiger charge is 2.14. The lowest BCUT2D eigenvalue weighted by molar-refractivity contribution is -0.135. The van der Waals surface area contributed by atoms with Crippen LogP contribution in [0.25, 0.3) is 11.3 Å². The summed E-state index contributed by atoms with van der Waals surface area (Å²) in [4.78, 5) is 21.1. The molecule has 0 spiro atoms. The summed E-state index contributed by atoms with van der Waals surface area (Å²) in [6.45, 7) is 7.34. The number of carbonyl (C=O) groups is 1. The van der Waals surface area contributed by atoms with E-state index in [1.165, 1.54) is 64.2 Å². The molecule has 1 heterocycles. The fourth-order valence-corrected chi connectivity index (χ4v) is 4.20. The van der Waals surface area contributed by atoms with E-state index < -0.39 is 0 Å². The molecule has 0 radical (unpaired) electrons. The number of ether oxygens (including phenoxy) is 2. The van der Waals surface area contributed by atoms with E-state index in [0.717, 1.165) is 31.2 Å². The van der Waals surface area contributed by atoms with Gasteiger partial charge in [-0.3, -0.25) is 4.79 Å². The lowest BCUT2D eigenvalue weighted by Crippen LogP contribution is -2.11. The predicted molar refractivity (Wildman–Crippen MR) is 148 cm³/mol. The standard InChI is InChI=1S/C31H48N2O3/c1-4-6-7-8-9-10-11-12-13-19-24-35-28-25-32-31(33-30(28)27-21-15-14-16-22-27)36-29(34)23-18-17-20-26(3)5-2/h14-16,21-22,25-26H,4-13,17-20,23-24H2,1-3H3. The molecule has 1 aromatic carbocycles. The van der Waals surface area contributed by atoms with Crippen molar-refractivity contribution in [2.45, 2.75) is 117 Å². The molecule has 0 saturated carbocycles. The van der Waals surface area contributed by atoms with E-state index in [1.54, 1.807) is 6.20 Å². The van der Waals surface area contributed by atoms with Crippen LogP contribution in [-0.2, 0) is 4.79 Å². The maximum absolute atomic E-state index is 12.3. The summed E-state index contributed by atoms with van der Waals surface area (Å²) in [6, 6.07) is 9.95. The van der Waals surface area contributed by atoms with Crippen LogP contribution in [0.2, 0.25) is 0 Å². The van der Waals surface area contributed by atoms with Gasteiger partial charge in [0.2, 0.25) is 0 Å². The summed E-state index contributed by atoms with van der Waals surface area (Å²) in [5, 5.41) is 0. The molecule has 0 bridgehead atoms. The van der Waals surface area contributed by atoms with Gasteiger partial charge in [-0.25, -0.2) is 0 Å². The lowest BCUT2D eigenvalue weighted by atomic mass is 10.0. The molecule has 0 amide bonds. The number of unbranched alkanes of at least 4 members (excludes halogenated alkanes) is 10. The number of esters is 1. The predicted octanol–water partition coefficient (Wildman–Crippen LogP) is 8.96. The van der Waals surface area contributed by atoms with E-state index in [1.807, 2.05) is 30.3 Å². The van der Waals surface area contributed by atoms with E-state index in [0.29, 0.717) is 30.4 Å². The van der Waals surface area contributed by atoms with Crippen LogP contribution in [0.4, 0.5) is 0 Å². The molecule has 1 aromatic heterocycles. The summed E-state index contributed by atoms with van der Waals surface area (Å²) in [5.74, 6) is 1.05. The molecule has 2 rings (SSSR count). The van der Waals surface area contributed by atoms with Crippen molar-refractivity contribution < 1.29 is 14.3 Å². The van der Waals surface area contributed by atoms with Gasteiger partial charge in [0.1, 0.15) is 5.69 Å². The Bertz CT molecular complexity index is 841. The van der Waals surface area contributed by atoms with Crippen LogP contribution in [0, 0.1) is 5.92 Å². The highest BCUT2D eigenvalue weighted by Crippen LogP contribution is 2.29. The van der Waals surface area contributed by atoms with Crippen molar-refractivity contribution in [1.82, 2.24) is 9.97 Å². The molecule has 5 nitrogen and oxygen atoms in total. The van der Waals surface area contributed by atoms with Gasteiger partial charge in [-0.2, -0.15) is 9.97 Å². The Kier molecular flexibility index (Phi) is 15.5. The Balaban J connectivity index is 1.80. The summed E-state index contributed by atoms with van der Waals surface area (Å²) >= 11 is 0. The molecule has 5 heteroatoms. The first-order valence-corrected chi connectivity index (χ1v) is 14.4. The monoisotopic (exact) mass is 496 g/mol. The van der Waals surface area contributed by atoms with Crippen molar-refractivity contribution in [2.75, 3.05) is 6.61 Å². The molecule has 200 valence electrons. The Labute approximate surface area is 219 Å². The van der Waals surface area contributed by atoms with Gasteiger partial charge in [0.05, 0.1) is 12.8 Å². The zero-order chi connectivity index (χ0) is 25.8. The van der Waals surface area contributed by atoms with Crippen LogP contribution in [0.1, 0.15) is 117 Å². The summed E-state index contributed by atoms with van der Waals surface area (Å²) in [7, 11) is 0. The zero-order valence-corrected chi connectivity index (χ0v) is 23.0. The Hall–Kier alpha value is -2.43. The summed E-state index contributed by atoms with van der Waals surface area (Å²) < 4.78 is 11.5. The van der Waals surface area contributed by atoms with Gasteiger partial charge >= 0.3 is 12.0 Å². The van der Waals surface area contributed by atoms with Gasteiger partial charge in [0.15, 0.2) is 5.75 Å². The number of rotatable bonds is 20. The van der Waals surface area contributed by atoms with Crippen LogP contribution in [0.5, 0.6) is 11.8 Å². The van der Waals surface area contributed by atoms with Crippen LogP contribution in [0.3, 0.4) is 0 Å². The Morgan fingerprint density at radius 1 is 0.861 bits per heavy atom. The number of hydrogen-bond donors (Lipinski definition) is 0. The van der Waals surface area contributed by atoms with Crippen LogP contribution < -0.4 is 9.47 Å². The second-order valence-corrected chi connectivity index (χ2v) is 10.00. The van der Waals surface area contributed by atoms with Crippen molar-refractivity contribution in [2.24, 2.45) is 5.92 Å². The number of nitrogens with zero attached hydrogens (tertiary/aromatic N) is 2. The molecule has 1 atom stereocenters. The molecule has 0 aliphatic carbocycles. The molecule has 0 aliphatic heterocycles. The van der Waals surface area contributed by atoms with Crippen molar-refractivity contribution in [1.29, 1.82) is 0 Å². The average molecular weight is 497 g/mol.